The minimum atomic E-state index is -0.574. The highest BCUT2D eigenvalue weighted by Crippen LogP contribution is 2.34. The lowest BCUT2D eigenvalue weighted by atomic mass is 10.2. The standard InChI is InChI=1S/C13H6Br4FNO/c14-6-1-2-11(18)8(3-6)13(20)19-12-9(16)4-7(15)5-10(12)17/h1-5H,(H,19,20). The van der Waals surface area contributed by atoms with Crippen molar-refractivity contribution >= 4 is 75.3 Å². The summed E-state index contributed by atoms with van der Waals surface area (Å²) in [4.78, 5) is 12.2. The lowest BCUT2D eigenvalue weighted by molar-refractivity contribution is 0.102. The number of benzene rings is 2. The second-order valence-corrected chi connectivity index (χ2v) is 7.36. The summed E-state index contributed by atoms with van der Waals surface area (Å²) < 4.78 is 16.5. The molecular weight excluding hydrogens is 525 g/mol. The van der Waals surface area contributed by atoms with Crippen molar-refractivity contribution in [1.29, 1.82) is 0 Å². The Balaban J connectivity index is 2.35. The first-order valence-electron chi connectivity index (χ1n) is 5.29. The number of carbonyl (C=O) groups excluding carboxylic acids is 1. The van der Waals surface area contributed by atoms with Crippen LogP contribution in [0.1, 0.15) is 10.4 Å². The first-order chi connectivity index (χ1) is 9.38. The third-order valence-electron chi connectivity index (χ3n) is 2.42. The van der Waals surface area contributed by atoms with Crippen LogP contribution in [0.15, 0.2) is 48.2 Å². The molecule has 104 valence electrons. The molecule has 2 aromatic carbocycles. The van der Waals surface area contributed by atoms with Crippen molar-refractivity contribution < 1.29 is 9.18 Å². The number of anilines is 1. The Kier molecular flexibility index (Phi) is 5.39. The van der Waals surface area contributed by atoms with Crippen LogP contribution in [0.2, 0.25) is 0 Å². The Hall–Kier alpha value is -0.240. The van der Waals surface area contributed by atoms with Gasteiger partial charge in [-0.3, -0.25) is 4.79 Å². The van der Waals surface area contributed by atoms with Crippen LogP contribution in [0.25, 0.3) is 0 Å². The number of rotatable bonds is 2. The molecule has 2 aromatic rings. The highest BCUT2D eigenvalue weighted by atomic mass is 79.9. The third-order valence-corrected chi connectivity index (χ3v) is 4.62. The van der Waals surface area contributed by atoms with Gasteiger partial charge in [0.25, 0.3) is 5.91 Å². The lowest BCUT2D eigenvalue weighted by Crippen LogP contribution is -2.14. The van der Waals surface area contributed by atoms with E-state index in [1.165, 1.54) is 18.2 Å². The first kappa shape index (κ1) is 16.1. The molecule has 1 N–H and O–H groups in total. The summed E-state index contributed by atoms with van der Waals surface area (Å²) in [5, 5.41) is 2.68. The molecule has 0 aromatic heterocycles. The molecule has 0 bridgehead atoms. The second-order valence-electron chi connectivity index (χ2n) is 3.82. The fraction of sp³-hybridized carbons (Fsp3) is 0. The maximum Gasteiger partial charge on any atom is 0.258 e. The van der Waals surface area contributed by atoms with Crippen LogP contribution >= 0.6 is 63.7 Å². The minimum absolute atomic E-state index is 0.0268. The van der Waals surface area contributed by atoms with Crippen molar-refractivity contribution in [2.24, 2.45) is 0 Å². The van der Waals surface area contributed by atoms with Crippen LogP contribution in [0.4, 0.5) is 10.1 Å². The van der Waals surface area contributed by atoms with Gasteiger partial charge < -0.3 is 5.32 Å². The predicted molar refractivity (Wildman–Crippen MR) is 91.6 cm³/mol. The zero-order chi connectivity index (χ0) is 14.9. The van der Waals surface area contributed by atoms with E-state index in [9.17, 15) is 9.18 Å². The molecule has 0 aliphatic carbocycles. The summed E-state index contributed by atoms with van der Waals surface area (Å²) in [5.41, 5.74) is 0.513. The monoisotopic (exact) mass is 527 g/mol. The van der Waals surface area contributed by atoms with Crippen molar-refractivity contribution in [3.8, 4) is 0 Å². The first-order valence-corrected chi connectivity index (χ1v) is 8.46. The van der Waals surface area contributed by atoms with Crippen LogP contribution in [0, 0.1) is 5.82 Å². The SMILES string of the molecule is O=C(Nc1c(Br)cc(Br)cc1Br)c1cc(Br)ccc1F. The van der Waals surface area contributed by atoms with E-state index in [1.807, 2.05) is 0 Å². The van der Waals surface area contributed by atoms with Gasteiger partial charge >= 0.3 is 0 Å². The molecule has 0 spiro atoms. The summed E-state index contributed by atoms with van der Waals surface area (Å²) in [6, 6.07) is 7.79. The number of hydrogen-bond donors (Lipinski definition) is 1. The van der Waals surface area contributed by atoms with E-state index < -0.39 is 11.7 Å². The smallest absolute Gasteiger partial charge is 0.258 e. The second kappa shape index (κ2) is 6.68. The Morgan fingerprint density at radius 2 is 1.55 bits per heavy atom. The van der Waals surface area contributed by atoms with Crippen LogP contribution in [0.3, 0.4) is 0 Å². The molecular formula is C13H6Br4FNO. The minimum Gasteiger partial charge on any atom is -0.320 e. The van der Waals surface area contributed by atoms with E-state index in [0.717, 1.165) is 4.47 Å². The molecule has 7 heteroatoms. The molecule has 0 heterocycles. The fourth-order valence-electron chi connectivity index (χ4n) is 1.51. The highest BCUT2D eigenvalue weighted by molar-refractivity contribution is 9.11. The van der Waals surface area contributed by atoms with Crippen LogP contribution in [-0.4, -0.2) is 5.91 Å². The largest absolute Gasteiger partial charge is 0.320 e. The van der Waals surface area contributed by atoms with E-state index in [2.05, 4.69) is 69.0 Å². The molecule has 1 amide bonds. The number of nitrogens with one attached hydrogen (secondary N) is 1. The molecule has 20 heavy (non-hydrogen) atoms. The van der Waals surface area contributed by atoms with Gasteiger partial charge in [-0.15, -0.1) is 0 Å². The van der Waals surface area contributed by atoms with E-state index in [1.54, 1.807) is 12.1 Å². The zero-order valence-electron chi connectivity index (χ0n) is 9.68. The maximum atomic E-state index is 13.7. The predicted octanol–water partition coefficient (Wildman–Crippen LogP) is 6.13. The van der Waals surface area contributed by atoms with Gasteiger partial charge in [0.15, 0.2) is 0 Å². The van der Waals surface area contributed by atoms with E-state index in [0.29, 0.717) is 19.1 Å². The van der Waals surface area contributed by atoms with Gasteiger partial charge in [0.05, 0.1) is 11.3 Å². The van der Waals surface area contributed by atoms with E-state index in [4.69, 9.17) is 0 Å². The molecule has 0 unspecified atom stereocenters. The molecule has 0 saturated carbocycles. The van der Waals surface area contributed by atoms with Crippen molar-refractivity contribution in [3.05, 3.63) is 59.6 Å². The van der Waals surface area contributed by atoms with Crippen molar-refractivity contribution in [1.82, 2.24) is 0 Å². The van der Waals surface area contributed by atoms with Crippen LogP contribution in [0.5, 0.6) is 0 Å². The fourth-order valence-corrected chi connectivity index (χ4v) is 4.33. The molecule has 2 nitrogen and oxygen atoms in total. The Morgan fingerprint density at radius 3 is 2.15 bits per heavy atom. The van der Waals surface area contributed by atoms with Crippen molar-refractivity contribution in [2.75, 3.05) is 5.32 Å². The molecule has 0 saturated heterocycles. The molecule has 0 atom stereocenters. The average molecular weight is 531 g/mol. The van der Waals surface area contributed by atoms with Gasteiger partial charge in [-0.25, -0.2) is 4.39 Å². The van der Waals surface area contributed by atoms with Crippen LogP contribution < -0.4 is 5.32 Å². The number of amides is 1. The van der Waals surface area contributed by atoms with E-state index >= 15 is 0 Å². The van der Waals surface area contributed by atoms with Gasteiger partial charge in [0.1, 0.15) is 5.82 Å². The van der Waals surface area contributed by atoms with Crippen molar-refractivity contribution in [3.63, 3.8) is 0 Å². The van der Waals surface area contributed by atoms with Gasteiger partial charge in [-0.05, 0) is 62.2 Å². The summed E-state index contributed by atoms with van der Waals surface area (Å²) in [6.07, 6.45) is 0. The van der Waals surface area contributed by atoms with Crippen molar-refractivity contribution in [2.45, 2.75) is 0 Å². The normalized spacial score (nSPS) is 10.4. The molecule has 0 aliphatic heterocycles. The van der Waals surface area contributed by atoms with E-state index in [-0.39, 0.29) is 5.56 Å². The molecule has 0 fully saturated rings. The van der Waals surface area contributed by atoms with Gasteiger partial charge in [-0.1, -0.05) is 31.9 Å². The topological polar surface area (TPSA) is 29.1 Å². The average Bonchev–Trinajstić information content (AvgIpc) is 2.36. The Morgan fingerprint density at radius 1 is 0.950 bits per heavy atom. The number of hydrogen-bond acceptors (Lipinski definition) is 1. The maximum absolute atomic E-state index is 13.7. The number of carbonyl (C=O) groups is 1. The summed E-state index contributed by atoms with van der Waals surface area (Å²) >= 11 is 13.3. The summed E-state index contributed by atoms with van der Waals surface area (Å²) in [5.74, 6) is -1.09. The zero-order valence-corrected chi connectivity index (χ0v) is 16.0. The molecule has 0 aliphatic rings. The highest BCUT2D eigenvalue weighted by Gasteiger charge is 2.15. The Labute approximate surface area is 148 Å². The lowest BCUT2D eigenvalue weighted by Gasteiger charge is -2.11. The molecule has 0 radical (unpaired) electrons. The van der Waals surface area contributed by atoms with Gasteiger partial charge in [0.2, 0.25) is 0 Å². The third kappa shape index (κ3) is 3.69. The number of halogens is 5. The van der Waals surface area contributed by atoms with Crippen LogP contribution in [-0.2, 0) is 0 Å². The van der Waals surface area contributed by atoms with Gasteiger partial charge in [-0.2, -0.15) is 0 Å². The summed E-state index contributed by atoms with van der Waals surface area (Å²) in [7, 11) is 0. The van der Waals surface area contributed by atoms with Gasteiger partial charge in [0, 0.05) is 17.9 Å². The summed E-state index contributed by atoms with van der Waals surface area (Å²) in [6.45, 7) is 0. The molecule has 2 rings (SSSR count). The quantitative estimate of drug-likeness (QED) is 0.497. The Bertz CT molecular complexity index is 667.